The minimum Gasteiger partial charge on any atom is -0.343 e. The molecule has 0 spiro atoms. The van der Waals surface area contributed by atoms with E-state index in [0.717, 1.165) is 69.5 Å². The molecule has 0 bridgehead atoms. The van der Waals surface area contributed by atoms with Gasteiger partial charge in [-0.15, -0.1) is 0 Å². The number of aryl methyl sites for hydroxylation is 1. The van der Waals surface area contributed by atoms with Crippen molar-refractivity contribution in [2.75, 3.05) is 39.8 Å². The number of hydrogen-bond acceptors (Lipinski definition) is 5. The van der Waals surface area contributed by atoms with Crippen molar-refractivity contribution in [3.63, 3.8) is 0 Å². The van der Waals surface area contributed by atoms with Gasteiger partial charge in [0.05, 0.1) is 32.0 Å². The molecule has 5 rings (SSSR count). The maximum absolute atomic E-state index is 14.5. The third-order valence-electron chi connectivity index (χ3n) is 8.84. The van der Waals surface area contributed by atoms with E-state index in [9.17, 15) is 13.4 Å². The first kappa shape index (κ1) is 28.7. The second kappa shape index (κ2) is 11.6. The molecule has 0 unspecified atom stereocenters. The van der Waals surface area contributed by atoms with Crippen LogP contribution < -0.4 is 0 Å². The maximum atomic E-state index is 14.5. The molecule has 0 saturated carbocycles. The summed E-state index contributed by atoms with van der Waals surface area (Å²) in [6, 6.07) is 4.53. The summed E-state index contributed by atoms with van der Waals surface area (Å²) in [6.45, 7) is 12.5. The highest BCUT2D eigenvalue weighted by Crippen LogP contribution is 2.35. The number of pyridine rings is 1. The molecule has 0 N–H and O–H groups in total. The third-order valence-corrected chi connectivity index (χ3v) is 11.6. The Hall–Kier alpha value is -2.78. The quantitative estimate of drug-likeness (QED) is 0.380. The number of halogens is 1. The van der Waals surface area contributed by atoms with E-state index in [4.69, 9.17) is 0 Å². The van der Waals surface area contributed by atoms with Crippen LogP contribution in [0.4, 0.5) is 4.39 Å². The van der Waals surface area contributed by atoms with Crippen LogP contribution >= 0.6 is 0 Å². The summed E-state index contributed by atoms with van der Waals surface area (Å²) < 4.78 is 34.8. The second-order valence-corrected chi connectivity index (χ2v) is 14.7. The number of nitrogens with zero attached hydrogens (tertiary/aromatic N) is 5. The number of hydrogen-bond donors (Lipinski definition) is 0. The van der Waals surface area contributed by atoms with Crippen molar-refractivity contribution in [2.45, 2.75) is 63.5 Å². The SMILES string of the molecule is CN=[S@@](=O)(c1cc(F)ccc1-n1cc(C[C@H]2CCN(CC3CCN(C(C)=O)CC3)C2)c2c(C)cncc21)C(C)C. The lowest BCUT2D eigenvalue weighted by molar-refractivity contribution is -0.130. The van der Waals surface area contributed by atoms with Crippen LogP contribution in [0.2, 0.25) is 0 Å². The number of fused-ring (bicyclic) bond motifs is 1. The Labute approximate surface area is 237 Å². The molecule has 2 saturated heterocycles. The summed E-state index contributed by atoms with van der Waals surface area (Å²) in [5.41, 5.74) is 3.99. The molecule has 2 aliphatic heterocycles. The van der Waals surface area contributed by atoms with Crippen LogP contribution in [-0.4, -0.2) is 74.5 Å². The summed E-state index contributed by atoms with van der Waals surface area (Å²) in [6.07, 6.45) is 10.2. The maximum Gasteiger partial charge on any atom is 0.219 e. The first-order chi connectivity index (χ1) is 19.1. The summed E-state index contributed by atoms with van der Waals surface area (Å²) in [5, 5.41) is 0.906. The highest BCUT2D eigenvalue weighted by atomic mass is 32.2. The highest BCUT2D eigenvalue weighted by Gasteiger charge is 2.29. The first-order valence-corrected chi connectivity index (χ1v) is 16.0. The van der Waals surface area contributed by atoms with Crippen LogP contribution in [-0.2, 0) is 20.9 Å². The van der Waals surface area contributed by atoms with Gasteiger partial charge < -0.3 is 14.4 Å². The summed E-state index contributed by atoms with van der Waals surface area (Å²) in [5.74, 6) is 0.968. The van der Waals surface area contributed by atoms with Crippen LogP contribution in [0.5, 0.6) is 0 Å². The minimum absolute atomic E-state index is 0.188. The number of carbonyl (C=O) groups is 1. The number of carbonyl (C=O) groups excluding carboxylic acids is 1. The average molecular weight is 568 g/mol. The van der Waals surface area contributed by atoms with Gasteiger partial charge in [-0.25, -0.2) is 13.0 Å². The van der Waals surface area contributed by atoms with E-state index in [0.29, 0.717) is 22.4 Å². The van der Waals surface area contributed by atoms with Gasteiger partial charge >= 0.3 is 0 Å². The van der Waals surface area contributed by atoms with E-state index in [1.54, 1.807) is 20.0 Å². The normalized spacial score (nSPS) is 20.4. The smallest absolute Gasteiger partial charge is 0.219 e. The number of amides is 1. The zero-order chi connectivity index (χ0) is 28.6. The van der Waals surface area contributed by atoms with E-state index in [1.165, 1.54) is 23.1 Å². The van der Waals surface area contributed by atoms with Crippen molar-refractivity contribution in [3.8, 4) is 5.69 Å². The zero-order valence-electron chi connectivity index (χ0n) is 24.4. The molecule has 2 aromatic heterocycles. The van der Waals surface area contributed by atoms with Gasteiger partial charge in [0.1, 0.15) is 5.82 Å². The van der Waals surface area contributed by atoms with E-state index in [1.807, 2.05) is 35.7 Å². The molecule has 2 atom stereocenters. The Balaban J connectivity index is 1.41. The Kier molecular flexibility index (Phi) is 8.34. The predicted octanol–water partition coefficient (Wildman–Crippen LogP) is 5.46. The van der Waals surface area contributed by atoms with Gasteiger partial charge in [-0.2, -0.15) is 0 Å². The van der Waals surface area contributed by atoms with Crippen molar-refractivity contribution in [3.05, 3.63) is 53.7 Å². The number of benzene rings is 1. The molecule has 216 valence electrons. The Bertz CT molecular complexity index is 1520. The van der Waals surface area contributed by atoms with Crippen molar-refractivity contribution in [1.82, 2.24) is 19.4 Å². The van der Waals surface area contributed by atoms with Gasteiger partial charge in [-0.3, -0.25) is 9.78 Å². The van der Waals surface area contributed by atoms with E-state index in [2.05, 4.69) is 27.4 Å². The monoisotopic (exact) mass is 567 g/mol. The molecule has 40 heavy (non-hydrogen) atoms. The van der Waals surface area contributed by atoms with Gasteiger partial charge in [0.15, 0.2) is 0 Å². The molecule has 1 aromatic carbocycles. The van der Waals surface area contributed by atoms with E-state index in [-0.39, 0.29) is 11.2 Å². The van der Waals surface area contributed by atoms with Gasteiger partial charge in [0.2, 0.25) is 5.91 Å². The Morgan fingerprint density at radius 2 is 1.88 bits per heavy atom. The summed E-state index contributed by atoms with van der Waals surface area (Å²) in [4.78, 5) is 21.2. The zero-order valence-corrected chi connectivity index (χ0v) is 25.2. The highest BCUT2D eigenvalue weighted by molar-refractivity contribution is 7.94. The summed E-state index contributed by atoms with van der Waals surface area (Å²) >= 11 is 0. The molecule has 2 fully saturated rings. The Morgan fingerprint density at radius 3 is 2.55 bits per heavy atom. The van der Waals surface area contributed by atoms with Gasteiger partial charge in [0.25, 0.3) is 0 Å². The fourth-order valence-electron chi connectivity index (χ4n) is 6.63. The molecule has 0 aliphatic carbocycles. The fraction of sp³-hybridized carbons (Fsp3) is 0.548. The molecule has 9 heteroatoms. The van der Waals surface area contributed by atoms with Crippen molar-refractivity contribution in [2.24, 2.45) is 16.2 Å². The van der Waals surface area contributed by atoms with Crippen LogP contribution in [0, 0.1) is 24.6 Å². The lowest BCUT2D eigenvalue weighted by Gasteiger charge is -2.33. The molecule has 7 nitrogen and oxygen atoms in total. The minimum atomic E-state index is -2.83. The number of aromatic nitrogens is 2. The topological polar surface area (TPSA) is 70.8 Å². The molecule has 0 radical (unpaired) electrons. The predicted molar refractivity (Wildman–Crippen MR) is 159 cm³/mol. The Morgan fingerprint density at radius 1 is 1.15 bits per heavy atom. The molecule has 4 heterocycles. The van der Waals surface area contributed by atoms with Crippen LogP contribution in [0.1, 0.15) is 51.2 Å². The van der Waals surface area contributed by atoms with Crippen molar-refractivity contribution in [1.29, 1.82) is 0 Å². The second-order valence-electron chi connectivity index (χ2n) is 11.9. The van der Waals surface area contributed by atoms with E-state index >= 15 is 0 Å². The number of likely N-dealkylation sites (tertiary alicyclic amines) is 2. The van der Waals surface area contributed by atoms with Crippen LogP contribution in [0.25, 0.3) is 16.6 Å². The van der Waals surface area contributed by atoms with Gasteiger partial charge in [0, 0.05) is 63.2 Å². The van der Waals surface area contributed by atoms with Gasteiger partial charge in [-0.1, -0.05) is 0 Å². The number of piperidine rings is 1. The van der Waals surface area contributed by atoms with E-state index < -0.39 is 15.5 Å². The number of rotatable bonds is 7. The van der Waals surface area contributed by atoms with Crippen molar-refractivity contribution >= 4 is 26.5 Å². The lowest BCUT2D eigenvalue weighted by Crippen LogP contribution is -2.40. The van der Waals surface area contributed by atoms with Crippen LogP contribution in [0.15, 0.2) is 46.0 Å². The molecular formula is C31H42FN5O2S. The molecule has 1 amide bonds. The molecule has 2 aliphatic rings. The fourth-order valence-corrected chi connectivity index (χ4v) is 8.51. The summed E-state index contributed by atoms with van der Waals surface area (Å²) in [7, 11) is -1.27. The average Bonchev–Trinajstić information content (AvgIpc) is 3.53. The standard InChI is InChI=1S/C31H42FN5O2S/c1-21(2)40(39,33-5)30-15-27(32)6-7-28(30)37-20-26(31-22(3)16-34-17-29(31)37)14-25-8-11-35(19-25)18-24-9-12-36(13-10-24)23(4)38/h6-7,15-17,20-21,24-25H,8-14,18-19H2,1-5H3/t25-,40+/m1/s1. The molecular weight excluding hydrogens is 525 g/mol. The lowest BCUT2D eigenvalue weighted by atomic mass is 9.96. The molecule has 3 aromatic rings. The van der Waals surface area contributed by atoms with Crippen molar-refractivity contribution < 1.29 is 13.4 Å². The third kappa shape index (κ3) is 5.55. The van der Waals surface area contributed by atoms with Crippen LogP contribution in [0.3, 0.4) is 0 Å². The first-order valence-electron chi connectivity index (χ1n) is 14.5. The van der Waals surface area contributed by atoms with Gasteiger partial charge in [-0.05, 0) is 94.2 Å². The largest absolute Gasteiger partial charge is 0.343 e.